The van der Waals surface area contributed by atoms with Gasteiger partial charge in [0, 0.05) is 22.9 Å². The van der Waals surface area contributed by atoms with Crippen molar-refractivity contribution in [3.63, 3.8) is 0 Å². The Bertz CT molecular complexity index is 3620. The average Bonchev–Trinajstić information content (AvgIpc) is 3.96. The number of imidazole rings is 2. The van der Waals surface area contributed by atoms with E-state index in [1.165, 1.54) is 33.4 Å². The maximum absolute atomic E-state index is 10.1. The molecule has 0 radical (unpaired) electrons. The van der Waals surface area contributed by atoms with E-state index >= 15 is 0 Å². The Hall–Kier alpha value is -7.83. The molecule has 72 heavy (non-hydrogen) atoms. The zero-order valence-corrected chi connectivity index (χ0v) is 44.0. The van der Waals surface area contributed by atoms with Crippen molar-refractivity contribution in [1.82, 2.24) is 19.1 Å². The molecule has 0 aliphatic carbocycles. The largest absolute Gasteiger partial charge is 2.00 e. The third-order valence-electron chi connectivity index (χ3n) is 13.3. The predicted octanol–water partition coefficient (Wildman–Crippen LogP) is 16.7. The van der Waals surface area contributed by atoms with E-state index in [-0.39, 0.29) is 44.7 Å². The Balaban J connectivity index is 0.00000640. The van der Waals surface area contributed by atoms with Gasteiger partial charge in [0.15, 0.2) is 0 Å². The fraction of sp³-hybridized carbons (Fsp3) is 0.188. The number of aromatic nitrogens is 4. The molecule has 2 aromatic heterocycles. The molecule has 8 aromatic carbocycles. The molecule has 0 fully saturated rings. The van der Waals surface area contributed by atoms with Gasteiger partial charge in [-0.15, -0.1) is 47.5 Å². The monoisotopic (exact) mass is 1120 g/mol. The van der Waals surface area contributed by atoms with Crippen molar-refractivity contribution in [2.24, 2.45) is 0 Å². The van der Waals surface area contributed by atoms with E-state index in [1.807, 2.05) is 84.9 Å². The minimum Gasteiger partial charge on any atom is -0.497 e. The Morgan fingerprint density at radius 3 is 1.29 bits per heavy atom. The zero-order valence-electron chi connectivity index (χ0n) is 41.7. The van der Waals surface area contributed by atoms with Crippen molar-refractivity contribution >= 4 is 22.1 Å². The quantitative estimate of drug-likeness (QED) is 0.114. The number of fused-ring (bicyclic) bond motifs is 2. The molecule has 10 aromatic rings. The second-order valence-corrected chi connectivity index (χ2v) is 19.5. The van der Waals surface area contributed by atoms with Crippen molar-refractivity contribution < 1.29 is 25.8 Å². The van der Waals surface area contributed by atoms with Crippen LogP contribution in [0.4, 0.5) is 0 Å². The van der Waals surface area contributed by atoms with Gasteiger partial charge in [0.2, 0.25) is 0 Å². The molecule has 0 saturated heterocycles. The third-order valence-corrected chi connectivity index (χ3v) is 13.3. The Morgan fingerprint density at radius 1 is 0.431 bits per heavy atom. The summed E-state index contributed by atoms with van der Waals surface area (Å²) in [5.74, 6) is 3.07. The van der Waals surface area contributed by atoms with Crippen LogP contribution in [0.1, 0.15) is 112 Å². The zero-order chi connectivity index (χ0) is 49.5. The standard InChI is InChI=1S/C64H54N6O.Pt/c1-39(2)53-33-49(45-17-11-9-12-18-45)34-54(40(3)4)61(53)69-59-28-26-43(37-65)29-58(59)68-64(69)48-22-16-24-52(32-48)71-51-23-15-21-47(31-51)63-67-57-27-25-44(38-66)30-60(57)70(63)62-55(41(5)6)35-50(36-56(62)42(7)8)46-19-13-10-14-20-46;/h9-30,33-36,39-42H,1-8H3;/q-2;+2. The molecule has 0 amide bonds. The van der Waals surface area contributed by atoms with Gasteiger partial charge in [0.05, 0.1) is 57.0 Å². The molecule has 0 saturated carbocycles. The van der Waals surface area contributed by atoms with Gasteiger partial charge in [-0.2, -0.15) is 10.5 Å². The first kappa shape index (κ1) is 49.2. The number of nitrogens with zero attached hydrogens (tertiary/aromatic N) is 6. The minimum atomic E-state index is 0. The molecule has 7 nitrogen and oxygen atoms in total. The summed E-state index contributed by atoms with van der Waals surface area (Å²) in [7, 11) is 0. The maximum atomic E-state index is 10.1. The number of hydrogen-bond donors (Lipinski definition) is 0. The minimum absolute atomic E-state index is 0. The van der Waals surface area contributed by atoms with E-state index in [2.05, 4.69) is 162 Å². The van der Waals surface area contributed by atoms with Crippen LogP contribution in [0.3, 0.4) is 0 Å². The first-order chi connectivity index (χ1) is 34.4. The Labute approximate surface area is 437 Å². The molecule has 0 aliphatic heterocycles. The van der Waals surface area contributed by atoms with Crippen LogP contribution in [0, 0.1) is 34.8 Å². The molecule has 10 rings (SSSR count). The van der Waals surface area contributed by atoms with Crippen molar-refractivity contribution in [2.45, 2.75) is 79.1 Å². The Morgan fingerprint density at radius 2 is 0.847 bits per heavy atom. The van der Waals surface area contributed by atoms with Crippen LogP contribution in [0.2, 0.25) is 0 Å². The number of nitriles is 2. The van der Waals surface area contributed by atoms with Gasteiger partial charge in [-0.25, -0.2) is 0 Å². The summed E-state index contributed by atoms with van der Waals surface area (Å²) in [5.41, 5.74) is 17.4. The second kappa shape index (κ2) is 20.5. The van der Waals surface area contributed by atoms with E-state index in [0.29, 0.717) is 34.3 Å². The molecular weight excluding hydrogens is 1060 g/mol. The average molecular weight is 1120 g/mol. The number of ether oxygens (including phenoxy) is 1. The van der Waals surface area contributed by atoms with E-state index < -0.39 is 0 Å². The summed E-state index contributed by atoms with van der Waals surface area (Å²) in [6, 6.07) is 65.3. The summed E-state index contributed by atoms with van der Waals surface area (Å²) in [6.07, 6.45) is 0. The van der Waals surface area contributed by atoms with Crippen LogP contribution >= 0.6 is 0 Å². The van der Waals surface area contributed by atoms with Gasteiger partial charge in [-0.05, 0) is 129 Å². The summed E-state index contributed by atoms with van der Waals surface area (Å²) >= 11 is 0. The molecule has 356 valence electrons. The van der Waals surface area contributed by atoms with Gasteiger partial charge < -0.3 is 13.9 Å². The smallest absolute Gasteiger partial charge is 0.497 e. The molecular formula is C64H54N6OPt. The molecule has 0 atom stereocenters. The summed E-state index contributed by atoms with van der Waals surface area (Å²) in [4.78, 5) is 10.5. The van der Waals surface area contributed by atoms with Crippen LogP contribution in [0.25, 0.3) is 78.5 Å². The fourth-order valence-corrected chi connectivity index (χ4v) is 9.73. The first-order valence-corrected chi connectivity index (χ1v) is 24.5. The van der Waals surface area contributed by atoms with Gasteiger partial charge in [-0.1, -0.05) is 128 Å². The second-order valence-electron chi connectivity index (χ2n) is 19.5. The molecule has 0 bridgehead atoms. The van der Waals surface area contributed by atoms with Crippen LogP contribution in [-0.4, -0.2) is 19.1 Å². The van der Waals surface area contributed by atoms with Crippen LogP contribution < -0.4 is 4.74 Å². The summed E-state index contributed by atoms with van der Waals surface area (Å²) in [6.45, 7) is 17.9. The SMILES string of the molecule is CC(C)c1cc(-c2ccccc2)cc(C(C)C)c1-n1c(-c2[c-]c(Oc3[c-]c(-c4nc5ccc(C#N)cc5n4-c4c(C(C)C)cc(-c5ccccc5)cc4C(C)C)ccc3)ccc2)nc2cc(C#N)ccc21.[Pt+2]. The van der Waals surface area contributed by atoms with Crippen molar-refractivity contribution in [2.75, 3.05) is 0 Å². The number of rotatable bonds is 12. The Kier molecular flexibility index (Phi) is 14.0. The number of benzene rings is 8. The first-order valence-electron chi connectivity index (χ1n) is 24.5. The maximum Gasteiger partial charge on any atom is 2.00 e. The van der Waals surface area contributed by atoms with Crippen molar-refractivity contribution in [3.05, 3.63) is 203 Å². The molecule has 0 N–H and O–H groups in total. The van der Waals surface area contributed by atoms with Gasteiger partial charge in [0.1, 0.15) is 0 Å². The number of hydrogen-bond acceptors (Lipinski definition) is 5. The van der Waals surface area contributed by atoms with E-state index in [1.54, 1.807) is 0 Å². The van der Waals surface area contributed by atoms with Crippen molar-refractivity contribution in [1.29, 1.82) is 10.5 Å². The summed E-state index contributed by atoms with van der Waals surface area (Å²) < 4.78 is 11.2. The van der Waals surface area contributed by atoms with Crippen LogP contribution in [0.15, 0.2) is 158 Å². The summed E-state index contributed by atoms with van der Waals surface area (Å²) in [5, 5.41) is 20.1. The molecule has 2 heterocycles. The topological polar surface area (TPSA) is 92.4 Å². The third kappa shape index (κ3) is 9.30. The molecule has 8 heteroatoms. The molecule has 0 unspecified atom stereocenters. The molecule has 0 spiro atoms. The van der Waals surface area contributed by atoms with Crippen molar-refractivity contribution in [3.8, 4) is 80.0 Å². The van der Waals surface area contributed by atoms with Crippen LogP contribution in [0.5, 0.6) is 11.5 Å². The van der Waals surface area contributed by atoms with Gasteiger partial charge in [0.25, 0.3) is 0 Å². The predicted molar refractivity (Wildman–Crippen MR) is 287 cm³/mol. The van der Waals surface area contributed by atoms with E-state index in [4.69, 9.17) is 14.7 Å². The molecule has 0 aliphatic rings. The normalized spacial score (nSPS) is 11.4. The van der Waals surface area contributed by atoms with E-state index in [9.17, 15) is 10.5 Å². The fourth-order valence-electron chi connectivity index (χ4n) is 9.73. The van der Waals surface area contributed by atoms with Gasteiger partial charge in [-0.3, -0.25) is 9.97 Å². The van der Waals surface area contributed by atoms with Crippen LogP contribution in [-0.2, 0) is 21.1 Å². The van der Waals surface area contributed by atoms with E-state index in [0.717, 1.165) is 55.7 Å². The van der Waals surface area contributed by atoms with Gasteiger partial charge >= 0.3 is 21.1 Å².